The first kappa shape index (κ1) is 21.0. The molecular weight excluding hydrogens is 419 g/mol. The van der Waals surface area contributed by atoms with Gasteiger partial charge in [-0.3, -0.25) is 0 Å². The Balaban J connectivity index is 1.54. The fraction of sp³-hybridized carbons (Fsp3) is 0.300. The average Bonchev–Trinajstić information content (AvgIpc) is 3.15. The van der Waals surface area contributed by atoms with E-state index < -0.39 is 23.9 Å². The van der Waals surface area contributed by atoms with Gasteiger partial charge < -0.3 is 15.5 Å². The lowest BCUT2D eigenvalue weighted by Gasteiger charge is -2.36. The molecule has 1 atom stereocenters. The lowest BCUT2D eigenvalue weighted by atomic mass is 10.1. The molecule has 2 aromatic carbocycles. The van der Waals surface area contributed by atoms with Crippen LogP contribution in [0.25, 0.3) is 5.69 Å². The average molecular weight is 438 g/mol. The summed E-state index contributed by atoms with van der Waals surface area (Å²) in [6, 6.07) is 6.73. The quantitative estimate of drug-likeness (QED) is 0.605. The van der Waals surface area contributed by atoms with E-state index >= 15 is 0 Å². The molecule has 0 bridgehead atoms. The van der Waals surface area contributed by atoms with E-state index in [9.17, 15) is 22.0 Å². The molecule has 0 spiro atoms. The number of nitrogens with one attached hydrogen (secondary N) is 2. The van der Waals surface area contributed by atoms with Gasteiger partial charge in [-0.2, -0.15) is 18.2 Å². The van der Waals surface area contributed by atoms with Crippen molar-refractivity contribution in [2.75, 3.05) is 29.9 Å². The van der Waals surface area contributed by atoms with Gasteiger partial charge in [-0.1, -0.05) is 0 Å². The number of aryl methyl sites for hydroxylation is 1. The molecular formula is C20H19F5N6. The molecule has 3 aromatic rings. The summed E-state index contributed by atoms with van der Waals surface area (Å²) >= 11 is 0. The van der Waals surface area contributed by atoms with Crippen molar-refractivity contribution < 1.29 is 22.0 Å². The maximum absolute atomic E-state index is 13.4. The fourth-order valence-electron chi connectivity index (χ4n) is 3.47. The van der Waals surface area contributed by atoms with E-state index in [1.54, 1.807) is 17.0 Å². The van der Waals surface area contributed by atoms with Crippen molar-refractivity contribution in [1.82, 2.24) is 20.1 Å². The van der Waals surface area contributed by atoms with Crippen LogP contribution in [0.2, 0.25) is 0 Å². The summed E-state index contributed by atoms with van der Waals surface area (Å²) in [6.07, 6.45) is -3.02. The van der Waals surface area contributed by atoms with Gasteiger partial charge in [0.15, 0.2) is 0 Å². The Morgan fingerprint density at radius 3 is 2.48 bits per heavy atom. The number of hydrogen-bond donors (Lipinski definition) is 2. The van der Waals surface area contributed by atoms with Crippen LogP contribution in [0.3, 0.4) is 0 Å². The van der Waals surface area contributed by atoms with E-state index in [-0.39, 0.29) is 24.7 Å². The Labute approximate surface area is 174 Å². The minimum atomic E-state index is -4.32. The van der Waals surface area contributed by atoms with Crippen LogP contribution in [0, 0.1) is 18.6 Å². The number of aromatic nitrogens is 3. The van der Waals surface area contributed by atoms with Crippen LogP contribution in [0.15, 0.2) is 42.7 Å². The van der Waals surface area contributed by atoms with Crippen LogP contribution in [0.5, 0.6) is 0 Å². The summed E-state index contributed by atoms with van der Waals surface area (Å²) in [6.45, 7) is 2.30. The Bertz CT molecular complexity index is 1060. The highest BCUT2D eigenvalue weighted by Gasteiger charge is 2.42. The predicted octanol–water partition coefficient (Wildman–Crippen LogP) is 3.94. The molecule has 2 N–H and O–H groups in total. The van der Waals surface area contributed by atoms with Crippen LogP contribution < -0.4 is 15.5 Å². The first-order chi connectivity index (χ1) is 14.7. The first-order valence-corrected chi connectivity index (χ1v) is 9.49. The molecule has 6 nitrogen and oxygen atoms in total. The van der Waals surface area contributed by atoms with Gasteiger partial charge in [0.25, 0.3) is 0 Å². The SMILES string of the molecule is Cc1cc(Nc2ncn(-c3cc(F)cc(F)c3)n2)cc(N2CCNC(C(F)(F)F)C2)c1. The highest BCUT2D eigenvalue weighted by Crippen LogP contribution is 2.28. The topological polar surface area (TPSA) is 58.0 Å². The number of anilines is 3. The van der Waals surface area contributed by atoms with Gasteiger partial charge in [0.2, 0.25) is 5.95 Å². The smallest absolute Gasteiger partial charge is 0.368 e. The van der Waals surface area contributed by atoms with E-state index in [2.05, 4.69) is 20.7 Å². The van der Waals surface area contributed by atoms with Crippen LogP contribution in [0.1, 0.15) is 5.56 Å². The molecule has 1 aliphatic heterocycles. The zero-order valence-electron chi connectivity index (χ0n) is 16.4. The van der Waals surface area contributed by atoms with Crippen LogP contribution >= 0.6 is 0 Å². The molecule has 1 aliphatic rings. The van der Waals surface area contributed by atoms with Gasteiger partial charge in [-0.25, -0.2) is 13.5 Å². The summed E-state index contributed by atoms with van der Waals surface area (Å²) < 4.78 is 67.4. The Morgan fingerprint density at radius 2 is 1.77 bits per heavy atom. The summed E-state index contributed by atoms with van der Waals surface area (Å²) in [4.78, 5) is 5.76. The maximum atomic E-state index is 13.4. The van der Waals surface area contributed by atoms with Gasteiger partial charge in [0.1, 0.15) is 24.0 Å². The van der Waals surface area contributed by atoms with E-state index in [1.165, 1.54) is 11.0 Å². The van der Waals surface area contributed by atoms with Gasteiger partial charge in [-0.15, -0.1) is 5.10 Å². The molecule has 0 radical (unpaired) electrons. The van der Waals surface area contributed by atoms with Gasteiger partial charge in [0.05, 0.1) is 5.69 Å². The summed E-state index contributed by atoms with van der Waals surface area (Å²) in [7, 11) is 0. The van der Waals surface area contributed by atoms with E-state index in [0.717, 1.165) is 23.8 Å². The van der Waals surface area contributed by atoms with Gasteiger partial charge in [0, 0.05) is 37.1 Å². The number of alkyl halides is 3. The standard InChI is InChI=1S/C20H19F5N6/c1-12-4-15(9-16(5-12)30-3-2-26-18(10-30)20(23,24)25)28-19-27-11-31(29-19)17-7-13(21)6-14(22)8-17/h4-9,11,18,26H,2-3,10H2,1H3,(H,28,29). The predicted molar refractivity (Wildman–Crippen MR) is 106 cm³/mol. The largest absolute Gasteiger partial charge is 0.405 e. The van der Waals surface area contributed by atoms with Crippen molar-refractivity contribution >= 4 is 17.3 Å². The first-order valence-electron chi connectivity index (χ1n) is 9.49. The number of piperazine rings is 1. The number of halogens is 5. The summed E-state index contributed by atoms with van der Waals surface area (Å²) in [5.74, 6) is -1.30. The molecule has 1 saturated heterocycles. The molecule has 0 amide bonds. The normalized spacial score (nSPS) is 17.1. The number of benzene rings is 2. The van der Waals surface area contributed by atoms with Crippen LogP contribution in [-0.2, 0) is 0 Å². The minimum absolute atomic E-state index is 0.169. The third kappa shape index (κ3) is 4.93. The fourth-order valence-corrected chi connectivity index (χ4v) is 3.47. The number of nitrogens with zero attached hydrogens (tertiary/aromatic N) is 4. The van der Waals surface area contributed by atoms with Gasteiger partial charge >= 0.3 is 6.18 Å². The molecule has 164 valence electrons. The zero-order chi connectivity index (χ0) is 22.2. The van der Waals surface area contributed by atoms with Gasteiger partial charge in [-0.05, 0) is 42.8 Å². The summed E-state index contributed by atoms with van der Waals surface area (Å²) in [5.41, 5.74) is 2.24. The molecule has 31 heavy (non-hydrogen) atoms. The maximum Gasteiger partial charge on any atom is 0.405 e. The van der Waals surface area contributed by atoms with Crippen molar-refractivity contribution in [3.63, 3.8) is 0 Å². The monoisotopic (exact) mass is 438 g/mol. The molecule has 0 saturated carbocycles. The minimum Gasteiger partial charge on any atom is -0.368 e. The molecule has 2 heterocycles. The molecule has 11 heteroatoms. The molecule has 0 aliphatic carbocycles. The highest BCUT2D eigenvalue weighted by atomic mass is 19.4. The highest BCUT2D eigenvalue weighted by molar-refractivity contribution is 5.64. The van der Waals surface area contributed by atoms with Crippen molar-refractivity contribution in [3.05, 3.63) is 59.9 Å². The zero-order valence-corrected chi connectivity index (χ0v) is 16.4. The van der Waals surface area contributed by atoms with Crippen molar-refractivity contribution in [2.24, 2.45) is 0 Å². The number of hydrogen-bond acceptors (Lipinski definition) is 5. The second kappa shape index (κ2) is 8.14. The molecule has 1 fully saturated rings. The van der Waals surface area contributed by atoms with Crippen molar-refractivity contribution in [2.45, 2.75) is 19.1 Å². The van der Waals surface area contributed by atoms with Crippen molar-refractivity contribution in [1.29, 1.82) is 0 Å². The lowest BCUT2D eigenvalue weighted by Crippen LogP contribution is -2.57. The van der Waals surface area contributed by atoms with E-state index in [4.69, 9.17) is 0 Å². The van der Waals surface area contributed by atoms with E-state index in [0.29, 0.717) is 17.9 Å². The van der Waals surface area contributed by atoms with Crippen LogP contribution in [0.4, 0.5) is 39.3 Å². The third-order valence-corrected chi connectivity index (χ3v) is 4.86. The molecule has 1 aromatic heterocycles. The summed E-state index contributed by atoms with van der Waals surface area (Å²) in [5, 5.41) is 9.65. The third-order valence-electron chi connectivity index (χ3n) is 4.86. The second-order valence-electron chi connectivity index (χ2n) is 7.32. The Kier molecular flexibility index (Phi) is 5.52. The Hall–Kier alpha value is -3.21. The number of rotatable bonds is 4. The van der Waals surface area contributed by atoms with Crippen LogP contribution in [-0.4, -0.2) is 46.6 Å². The van der Waals surface area contributed by atoms with Crippen molar-refractivity contribution in [3.8, 4) is 5.69 Å². The Morgan fingerprint density at radius 1 is 1.03 bits per heavy atom. The van der Waals surface area contributed by atoms with E-state index in [1.807, 2.05) is 13.0 Å². The second-order valence-corrected chi connectivity index (χ2v) is 7.32. The molecule has 4 rings (SSSR count). The molecule has 1 unspecified atom stereocenters. The lowest BCUT2D eigenvalue weighted by molar-refractivity contribution is -0.155.